The van der Waals surface area contributed by atoms with Gasteiger partial charge in [-0.15, -0.1) is 5.92 Å². The van der Waals surface area contributed by atoms with Crippen molar-refractivity contribution in [2.75, 3.05) is 0 Å². The van der Waals surface area contributed by atoms with E-state index in [1.165, 1.54) is 0 Å². The maximum absolute atomic E-state index is 5.48. The SMILES string of the molecule is CC#C[C@@H](C)Oc1ccccc1. The minimum absolute atomic E-state index is 0.0302. The molecule has 62 valence electrons. The number of benzene rings is 1. The van der Waals surface area contributed by atoms with Gasteiger partial charge in [0.1, 0.15) is 5.75 Å². The van der Waals surface area contributed by atoms with Crippen molar-refractivity contribution in [3.8, 4) is 17.6 Å². The van der Waals surface area contributed by atoms with Crippen LogP contribution in [0.3, 0.4) is 0 Å². The molecule has 0 fully saturated rings. The van der Waals surface area contributed by atoms with E-state index >= 15 is 0 Å². The molecule has 0 spiro atoms. The minimum Gasteiger partial charge on any atom is -0.478 e. The molecule has 1 rings (SSSR count). The molecule has 1 heteroatoms. The van der Waals surface area contributed by atoms with Crippen molar-refractivity contribution in [3.05, 3.63) is 30.3 Å². The molecule has 0 aliphatic rings. The molecule has 0 N–H and O–H groups in total. The van der Waals surface area contributed by atoms with Gasteiger partial charge in [-0.05, 0) is 26.0 Å². The first-order valence-electron chi connectivity index (χ1n) is 3.97. The van der Waals surface area contributed by atoms with E-state index in [4.69, 9.17) is 4.74 Å². The highest BCUT2D eigenvalue weighted by molar-refractivity contribution is 5.22. The van der Waals surface area contributed by atoms with Crippen LogP contribution in [0.25, 0.3) is 0 Å². The van der Waals surface area contributed by atoms with E-state index in [1.54, 1.807) is 0 Å². The minimum atomic E-state index is -0.0302. The fourth-order valence-corrected chi connectivity index (χ4v) is 0.936. The Hall–Kier alpha value is -1.42. The Morgan fingerprint density at radius 1 is 1.25 bits per heavy atom. The zero-order chi connectivity index (χ0) is 8.81. The van der Waals surface area contributed by atoms with Gasteiger partial charge in [0.2, 0.25) is 0 Å². The summed E-state index contributed by atoms with van der Waals surface area (Å²) in [5.74, 6) is 6.60. The number of ether oxygens (including phenoxy) is 1. The van der Waals surface area contributed by atoms with Crippen molar-refractivity contribution in [3.63, 3.8) is 0 Å². The molecular formula is C11H12O. The summed E-state index contributed by atoms with van der Waals surface area (Å²) in [4.78, 5) is 0. The van der Waals surface area contributed by atoms with E-state index in [0.29, 0.717) is 0 Å². The molecule has 0 bridgehead atoms. The van der Waals surface area contributed by atoms with Crippen molar-refractivity contribution in [1.29, 1.82) is 0 Å². The van der Waals surface area contributed by atoms with E-state index in [9.17, 15) is 0 Å². The molecule has 0 saturated carbocycles. The highest BCUT2D eigenvalue weighted by Gasteiger charge is 1.96. The molecule has 0 aliphatic carbocycles. The Kier molecular flexibility index (Phi) is 3.22. The molecule has 0 saturated heterocycles. The van der Waals surface area contributed by atoms with Crippen LogP contribution in [0.5, 0.6) is 5.75 Å². The first kappa shape index (κ1) is 8.67. The second-order valence-electron chi connectivity index (χ2n) is 2.47. The van der Waals surface area contributed by atoms with Crippen LogP contribution in [0.4, 0.5) is 0 Å². The topological polar surface area (TPSA) is 9.23 Å². The van der Waals surface area contributed by atoms with Crippen molar-refractivity contribution < 1.29 is 4.74 Å². The third-order valence-electron chi connectivity index (χ3n) is 1.40. The molecule has 1 aromatic rings. The van der Waals surface area contributed by atoms with Crippen LogP contribution >= 0.6 is 0 Å². The zero-order valence-corrected chi connectivity index (χ0v) is 7.37. The summed E-state index contributed by atoms with van der Waals surface area (Å²) >= 11 is 0. The highest BCUT2D eigenvalue weighted by Crippen LogP contribution is 2.09. The number of hydrogen-bond donors (Lipinski definition) is 0. The molecule has 1 atom stereocenters. The standard InChI is InChI=1S/C11H12O/c1-3-7-10(2)12-11-8-5-4-6-9-11/h4-6,8-10H,1-2H3/t10-/m1/s1. The van der Waals surface area contributed by atoms with Gasteiger partial charge < -0.3 is 4.74 Å². The Morgan fingerprint density at radius 2 is 1.92 bits per heavy atom. The number of hydrogen-bond acceptors (Lipinski definition) is 1. The summed E-state index contributed by atoms with van der Waals surface area (Å²) in [6, 6.07) is 9.70. The summed E-state index contributed by atoms with van der Waals surface area (Å²) < 4.78 is 5.48. The Morgan fingerprint density at radius 3 is 2.50 bits per heavy atom. The average Bonchev–Trinajstić information content (AvgIpc) is 2.06. The smallest absolute Gasteiger partial charge is 0.156 e. The lowest BCUT2D eigenvalue weighted by Gasteiger charge is -2.07. The van der Waals surface area contributed by atoms with Gasteiger partial charge in [0.25, 0.3) is 0 Å². The van der Waals surface area contributed by atoms with Crippen LogP contribution in [-0.2, 0) is 0 Å². The Balaban J connectivity index is 2.56. The zero-order valence-electron chi connectivity index (χ0n) is 7.37. The molecular weight excluding hydrogens is 148 g/mol. The fourth-order valence-electron chi connectivity index (χ4n) is 0.936. The van der Waals surface area contributed by atoms with Gasteiger partial charge in [-0.3, -0.25) is 0 Å². The molecule has 0 aliphatic heterocycles. The van der Waals surface area contributed by atoms with E-state index in [0.717, 1.165) is 5.75 Å². The molecule has 0 radical (unpaired) electrons. The van der Waals surface area contributed by atoms with Crippen molar-refractivity contribution in [2.45, 2.75) is 20.0 Å². The van der Waals surface area contributed by atoms with E-state index in [2.05, 4.69) is 11.8 Å². The predicted molar refractivity (Wildman–Crippen MR) is 50.0 cm³/mol. The Labute approximate surface area is 73.4 Å². The van der Waals surface area contributed by atoms with Crippen molar-refractivity contribution >= 4 is 0 Å². The van der Waals surface area contributed by atoms with E-state index < -0.39 is 0 Å². The maximum atomic E-state index is 5.48. The second-order valence-corrected chi connectivity index (χ2v) is 2.47. The molecule has 12 heavy (non-hydrogen) atoms. The van der Waals surface area contributed by atoms with Crippen LogP contribution in [0, 0.1) is 11.8 Å². The predicted octanol–water partition coefficient (Wildman–Crippen LogP) is 2.48. The fraction of sp³-hybridized carbons (Fsp3) is 0.273. The van der Waals surface area contributed by atoms with Crippen LogP contribution in [0.15, 0.2) is 30.3 Å². The lowest BCUT2D eigenvalue weighted by Crippen LogP contribution is -2.08. The Bertz CT molecular complexity index is 279. The van der Waals surface area contributed by atoms with Crippen molar-refractivity contribution in [2.24, 2.45) is 0 Å². The summed E-state index contributed by atoms with van der Waals surface area (Å²) in [6.07, 6.45) is -0.0302. The first-order valence-corrected chi connectivity index (χ1v) is 3.97. The third kappa shape index (κ3) is 2.67. The largest absolute Gasteiger partial charge is 0.478 e. The van der Waals surface area contributed by atoms with Gasteiger partial charge in [0.15, 0.2) is 6.10 Å². The monoisotopic (exact) mass is 160 g/mol. The lowest BCUT2D eigenvalue weighted by molar-refractivity contribution is 0.279. The lowest BCUT2D eigenvalue weighted by atomic mass is 10.3. The van der Waals surface area contributed by atoms with Gasteiger partial charge in [-0.25, -0.2) is 0 Å². The molecule has 0 unspecified atom stereocenters. The molecule has 1 aromatic carbocycles. The van der Waals surface area contributed by atoms with Gasteiger partial charge in [-0.2, -0.15) is 0 Å². The van der Waals surface area contributed by atoms with Gasteiger partial charge in [0.05, 0.1) is 0 Å². The third-order valence-corrected chi connectivity index (χ3v) is 1.40. The van der Waals surface area contributed by atoms with Crippen LogP contribution in [-0.4, -0.2) is 6.10 Å². The van der Waals surface area contributed by atoms with Crippen LogP contribution in [0.1, 0.15) is 13.8 Å². The maximum Gasteiger partial charge on any atom is 0.156 e. The summed E-state index contributed by atoms with van der Waals surface area (Å²) in [5.41, 5.74) is 0. The summed E-state index contributed by atoms with van der Waals surface area (Å²) in [7, 11) is 0. The van der Waals surface area contributed by atoms with Crippen molar-refractivity contribution in [1.82, 2.24) is 0 Å². The number of rotatable bonds is 2. The summed E-state index contributed by atoms with van der Waals surface area (Å²) in [5, 5.41) is 0. The van der Waals surface area contributed by atoms with Gasteiger partial charge >= 0.3 is 0 Å². The van der Waals surface area contributed by atoms with Crippen LogP contribution < -0.4 is 4.74 Å². The molecule has 0 amide bonds. The van der Waals surface area contributed by atoms with E-state index in [1.807, 2.05) is 44.2 Å². The molecule has 0 aromatic heterocycles. The van der Waals surface area contributed by atoms with Gasteiger partial charge in [-0.1, -0.05) is 24.1 Å². The molecule has 1 nitrogen and oxygen atoms in total. The van der Waals surface area contributed by atoms with Gasteiger partial charge in [0, 0.05) is 0 Å². The average molecular weight is 160 g/mol. The quantitative estimate of drug-likeness (QED) is 0.604. The normalized spacial score (nSPS) is 11.2. The second kappa shape index (κ2) is 4.46. The van der Waals surface area contributed by atoms with Crippen LogP contribution in [0.2, 0.25) is 0 Å². The first-order chi connectivity index (χ1) is 5.83. The number of para-hydroxylation sites is 1. The van der Waals surface area contributed by atoms with E-state index in [-0.39, 0.29) is 6.10 Å². The highest BCUT2D eigenvalue weighted by atomic mass is 16.5. The molecule has 0 heterocycles. The summed E-state index contributed by atoms with van der Waals surface area (Å²) in [6.45, 7) is 3.74.